The van der Waals surface area contributed by atoms with Crippen molar-refractivity contribution in [2.75, 3.05) is 13.2 Å². The van der Waals surface area contributed by atoms with Crippen molar-refractivity contribution in [3.63, 3.8) is 0 Å². The summed E-state index contributed by atoms with van der Waals surface area (Å²) in [7, 11) is 0. The molecule has 0 amide bonds. The molecule has 10 atom stereocenters. The van der Waals surface area contributed by atoms with E-state index in [0.29, 0.717) is 35.9 Å². The number of hydrogen-bond donors (Lipinski definition) is 21. The molecule has 0 aromatic heterocycles. The summed E-state index contributed by atoms with van der Waals surface area (Å²) >= 11 is 0. The lowest BCUT2D eigenvalue weighted by atomic mass is 9.91. The Hall–Kier alpha value is -12.3. The van der Waals surface area contributed by atoms with Crippen LogP contribution < -0.4 is 9.47 Å². The number of carbonyl (C=O) groups is 6. The van der Waals surface area contributed by atoms with Crippen molar-refractivity contribution in [1.29, 1.82) is 0 Å². The second-order valence-corrected chi connectivity index (χ2v) is 23.2. The number of fused-ring (bicyclic) bond motifs is 9. The Balaban J connectivity index is 0.891. The number of rotatable bonds is 14. The van der Waals surface area contributed by atoms with E-state index in [-0.39, 0.29) is 49.2 Å². The first-order valence-electron chi connectivity index (χ1n) is 29.6. The van der Waals surface area contributed by atoms with Crippen molar-refractivity contribution < 1.29 is 179 Å². The molecule has 0 saturated carbocycles. The summed E-state index contributed by atoms with van der Waals surface area (Å²) in [5.74, 6) is -34.0. The molecule has 11 rings (SSSR count). The van der Waals surface area contributed by atoms with Gasteiger partial charge in [-0.1, -0.05) is 12.1 Å². The van der Waals surface area contributed by atoms with Crippen molar-refractivity contribution in [2.24, 2.45) is 0 Å². The number of carbonyl (C=O) groups excluding carboxylic acids is 6. The number of esters is 5. The van der Waals surface area contributed by atoms with E-state index in [0.717, 1.165) is 12.1 Å². The van der Waals surface area contributed by atoms with E-state index in [1.165, 1.54) is 24.3 Å². The van der Waals surface area contributed by atoms with E-state index >= 15 is 0 Å². The zero-order chi connectivity index (χ0) is 73.2. The van der Waals surface area contributed by atoms with Crippen molar-refractivity contribution >= 4 is 35.6 Å². The molecular weight excluding hydrogens is 1360 g/mol. The molecule has 532 valence electrons. The van der Waals surface area contributed by atoms with Gasteiger partial charge in [0.2, 0.25) is 34.5 Å². The Morgan fingerprint density at radius 2 is 0.960 bits per heavy atom. The standard InChI is InChI=1S/C65H56O36/c66-21(5-1-19-3-7-28(67)29(68)9-19)11-22(95-65-54(86)47(79)35(74)17-94-65)6-2-20-4-8-36(30(69)10-20)97-63(91)27-15-34(73)46(78)53(85)55(27)96-37-16-26-42(52(84)48(37)80)41-23(12-31(70)45(77)51(41)83)60(88)99-56-38(18-93-59(26)87)98-64(92)58-57(56)100-61(89)24-13-32(71)43(75)49(81)39(24)40-25(62(90)101-58)14-33(72)44(76)50(40)82/h3-4,7-10,12-16,22,35,38,47,54,56-58,64-65,67-86,92H,1-2,5-6,11,17-18H2/t22-,35-,38+,47-,54+,56-,57+,58-,64+,65-/m0/s1. The number of benzene rings is 7. The predicted octanol–water partition coefficient (Wildman–Crippen LogP) is 2.55. The Labute approximate surface area is 562 Å². The number of aromatic hydroxyl groups is 17. The van der Waals surface area contributed by atoms with Crippen LogP contribution in [0.5, 0.6) is 115 Å². The van der Waals surface area contributed by atoms with Crippen LogP contribution in [0.2, 0.25) is 0 Å². The first-order valence-corrected chi connectivity index (χ1v) is 29.6. The van der Waals surface area contributed by atoms with Crippen LogP contribution in [-0.2, 0) is 50.8 Å². The highest BCUT2D eigenvalue weighted by Crippen LogP contribution is 2.57. The Kier molecular flexibility index (Phi) is 18.8. The monoisotopic (exact) mass is 1410 g/mol. The molecule has 36 nitrogen and oxygen atoms in total. The maximum Gasteiger partial charge on any atom is 0.347 e. The van der Waals surface area contributed by atoms with Gasteiger partial charge in [0.25, 0.3) is 0 Å². The number of aliphatic hydroxyl groups excluding tert-OH is 4. The average molecular weight is 1410 g/mol. The molecule has 0 radical (unpaired) electrons. The fraction of sp³-hybridized carbons (Fsp3) is 0.262. The molecule has 2 fully saturated rings. The molecule has 0 aliphatic carbocycles. The highest BCUT2D eigenvalue weighted by atomic mass is 16.7. The van der Waals surface area contributed by atoms with Crippen molar-refractivity contribution in [2.45, 2.75) is 93.5 Å². The van der Waals surface area contributed by atoms with Crippen LogP contribution in [0.1, 0.15) is 82.2 Å². The van der Waals surface area contributed by atoms with Gasteiger partial charge in [0.05, 0.1) is 35.0 Å². The van der Waals surface area contributed by atoms with Crippen LogP contribution >= 0.6 is 0 Å². The van der Waals surface area contributed by atoms with Gasteiger partial charge in [0.1, 0.15) is 42.4 Å². The molecule has 7 aromatic carbocycles. The predicted molar refractivity (Wildman–Crippen MR) is 324 cm³/mol. The van der Waals surface area contributed by atoms with Gasteiger partial charge in [0.15, 0.2) is 111 Å². The van der Waals surface area contributed by atoms with Crippen LogP contribution in [0, 0.1) is 0 Å². The van der Waals surface area contributed by atoms with E-state index in [2.05, 4.69) is 0 Å². The van der Waals surface area contributed by atoms with Crippen LogP contribution in [0.4, 0.5) is 0 Å². The molecule has 4 heterocycles. The Bertz CT molecular complexity index is 4580. The van der Waals surface area contributed by atoms with E-state index in [1.807, 2.05) is 0 Å². The molecule has 36 heteroatoms. The lowest BCUT2D eigenvalue weighted by Crippen LogP contribution is -2.62. The summed E-state index contributed by atoms with van der Waals surface area (Å²) in [6.07, 6.45) is -20.0. The minimum atomic E-state index is -2.59. The maximum absolute atomic E-state index is 14.7. The summed E-state index contributed by atoms with van der Waals surface area (Å²) in [6.45, 7) is -1.77. The average Bonchev–Trinajstić information content (AvgIpc) is 1.48. The van der Waals surface area contributed by atoms with Crippen molar-refractivity contribution in [3.8, 4) is 137 Å². The third-order valence-electron chi connectivity index (χ3n) is 16.7. The molecule has 4 aliphatic heterocycles. The fourth-order valence-electron chi connectivity index (χ4n) is 11.5. The molecular formula is C65H56O36. The maximum atomic E-state index is 14.7. The Morgan fingerprint density at radius 1 is 0.465 bits per heavy atom. The number of hydrogen-bond acceptors (Lipinski definition) is 36. The highest BCUT2D eigenvalue weighted by Gasteiger charge is 2.54. The normalized spacial score (nSPS) is 21.4. The number of aryl methyl sites for hydroxylation is 2. The van der Waals surface area contributed by atoms with E-state index in [9.17, 15) is 136 Å². The largest absolute Gasteiger partial charge is 0.504 e. The van der Waals surface area contributed by atoms with Gasteiger partial charge in [-0.25, -0.2) is 24.0 Å². The molecule has 4 aliphatic rings. The number of phenolic OH excluding ortho intramolecular Hbond substituents is 17. The summed E-state index contributed by atoms with van der Waals surface area (Å²) in [5.41, 5.74) is -9.43. The number of cyclic esters (lactones) is 1. The smallest absolute Gasteiger partial charge is 0.347 e. The number of phenols is 17. The SMILES string of the molecule is O=C(CCc1ccc(O)c(O)c1)C[C@H](CCc1ccc(OC(=O)c2cc(O)c(O)c(O)c2Oc2cc3c(c(O)c2O)-c2c(cc(O)c(O)c2O)C(=O)O[C@@H]2[C@H]4OC(=O)c5cc(O)c(O)c(O)c5-c5c(cc(O)c(O)c5O)C(=O)O[C@@H]4[C@H](O)O[C@@H]2COC3=O)c(O)c1)O[C@@H]1OC[C@H](O)[C@H](O)[C@H]1O. The molecule has 0 spiro atoms. The van der Waals surface area contributed by atoms with Gasteiger partial charge in [-0.05, 0) is 72.9 Å². The van der Waals surface area contributed by atoms with Crippen LogP contribution in [-0.4, -0.2) is 217 Å². The van der Waals surface area contributed by atoms with Gasteiger partial charge in [-0.2, -0.15) is 0 Å². The minimum absolute atomic E-state index is 0.0359. The first-order chi connectivity index (χ1) is 47.7. The zero-order valence-corrected chi connectivity index (χ0v) is 51.1. The van der Waals surface area contributed by atoms with Gasteiger partial charge in [-0.3, -0.25) is 4.79 Å². The number of Topliss-reactive ketones (excluding diaryl/α,β-unsaturated/α-hetero) is 1. The topological polar surface area (TPSA) is 610 Å². The quantitative estimate of drug-likeness (QED) is 0.0322. The van der Waals surface area contributed by atoms with E-state index < -0.39 is 264 Å². The van der Waals surface area contributed by atoms with Crippen molar-refractivity contribution in [1.82, 2.24) is 0 Å². The number of ketones is 1. The lowest BCUT2D eigenvalue weighted by molar-refractivity contribution is -0.284. The van der Waals surface area contributed by atoms with Crippen molar-refractivity contribution in [3.05, 3.63) is 106 Å². The molecule has 0 unspecified atom stereocenters. The number of ether oxygens (including phenoxy) is 9. The number of aliphatic hydroxyl groups is 4. The fourth-order valence-corrected chi connectivity index (χ4v) is 11.5. The molecule has 0 bridgehead atoms. The summed E-state index contributed by atoms with van der Waals surface area (Å²) in [6, 6.07) is 9.45. The zero-order valence-electron chi connectivity index (χ0n) is 51.1. The summed E-state index contributed by atoms with van der Waals surface area (Å²) in [4.78, 5) is 85.4. The second kappa shape index (κ2) is 27.2. The molecule has 21 N–H and O–H groups in total. The molecule has 7 aromatic rings. The van der Waals surface area contributed by atoms with Crippen LogP contribution in [0.25, 0.3) is 22.3 Å². The minimum Gasteiger partial charge on any atom is -0.504 e. The molecule has 2 saturated heterocycles. The van der Waals surface area contributed by atoms with Gasteiger partial charge < -0.3 is 150 Å². The summed E-state index contributed by atoms with van der Waals surface area (Å²) < 4.78 is 50.2. The third-order valence-corrected chi connectivity index (χ3v) is 16.7. The third kappa shape index (κ3) is 13.1. The lowest BCUT2D eigenvalue weighted by Gasteiger charge is -2.43. The molecule has 101 heavy (non-hydrogen) atoms. The summed E-state index contributed by atoms with van der Waals surface area (Å²) in [5, 5.41) is 227. The van der Waals surface area contributed by atoms with Gasteiger partial charge >= 0.3 is 29.8 Å². The van der Waals surface area contributed by atoms with Gasteiger partial charge in [-0.15, -0.1) is 0 Å². The first kappa shape index (κ1) is 70.0. The second-order valence-electron chi connectivity index (χ2n) is 23.2. The van der Waals surface area contributed by atoms with E-state index in [1.54, 1.807) is 0 Å². The Morgan fingerprint density at radius 3 is 1.52 bits per heavy atom. The van der Waals surface area contributed by atoms with Crippen LogP contribution in [0.15, 0.2) is 66.7 Å². The highest BCUT2D eigenvalue weighted by molar-refractivity contribution is 6.10. The van der Waals surface area contributed by atoms with Crippen LogP contribution in [0.3, 0.4) is 0 Å². The van der Waals surface area contributed by atoms with E-state index in [4.69, 9.17) is 42.6 Å². The van der Waals surface area contributed by atoms with Gasteiger partial charge in [0, 0.05) is 47.2 Å².